The molecule has 21 heavy (non-hydrogen) atoms. The van der Waals surface area contributed by atoms with Gasteiger partial charge < -0.3 is 10.1 Å². The van der Waals surface area contributed by atoms with Crippen LogP contribution in [-0.4, -0.2) is 13.7 Å². The van der Waals surface area contributed by atoms with Gasteiger partial charge in [-0.1, -0.05) is 48.3 Å². The topological polar surface area (TPSA) is 21.3 Å². The number of hydrogen-bond donors (Lipinski definition) is 1. The first-order chi connectivity index (χ1) is 10.1. The first-order valence-corrected chi connectivity index (χ1v) is 7.71. The molecule has 1 atom stereocenters. The number of rotatable bonds is 6. The average molecular weight is 324 g/mol. The molecule has 0 bridgehead atoms. The van der Waals surface area contributed by atoms with E-state index in [1.165, 1.54) is 5.56 Å². The standard InChI is InChI=1S/C17H19Cl2NO/c1-3-20-17(13-5-7-14(21-2)8-6-13)11-12-4-9-15(18)16(19)10-12/h4-10,17,20H,3,11H2,1-2H3. The van der Waals surface area contributed by atoms with Crippen LogP contribution >= 0.6 is 23.2 Å². The molecule has 0 aliphatic rings. The zero-order valence-corrected chi connectivity index (χ0v) is 13.7. The van der Waals surface area contributed by atoms with E-state index in [4.69, 9.17) is 27.9 Å². The summed E-state index contributed by atoms with van der Waals surface area (Å²) < 4.78 is 5.20. The molecule has 0 aromatic heterocycles. The van der Waals surface area contributed by atoms with Crippen molar-refractivity contribution in [3.05, 3.63) is 63.6 Å². The number of halogens is 2. The predicted molar refractivity (Wildman–Crippen MR) is 89.6 cm³/mol. The van der Waals surface area contributed by atoms with E-state index in [1.807, 2.05) is 30.3 Å². The summed E-state index contributed by atoms with van der Waals surface area (Å²) in [5.74, 6) is 0.864. The summed E-state index contributed by atoms with van der Waals surface area (Å²) in [4.78, 5) is 0. The van der Waals surface area contributed by atoms with Gasteiger partial charge in [-0.15, -0.1) is 0 Å². The lowest BCUT2D eigenvalue weighted by atomic mass is 9.98. The van der Waals surface area contributed by atoms with E-state index in [2.05, 4.69) is 24.4 Å². The Morgan fingerprint density at radius 2 is 1.76 bits per heavy atom. The second kappa shape index (κ2) is 7.69. The molecule has 0 amide bonds. The third-order valence-electron chi connectivity index (χ3n) is 3.39. The number of ether oxygens (including phenoxy) is 1. The van der Waals surface area contributed by atoms with E-state index in [0.29, 0.717) is 10.0 Å². The molecule has 2 aromatic rings. The highest BCUT2D eigenvalue weighted by Crippen LogP contribution is 2.26. The van der Waals surface area contributed by atoms with Gasteiger partial charge in [0.25, 0.3) is 0 Å². The molecule has 112 valence electrons. The van der Waals surface area contributed by atoms with Gasteiger partial charge in [0, 0.05) is 6.04 Å². The Morgan fingerprint density at radius 3 is 2.33 bits per heavy atom. The Morgan fingerprint density at radius 1 is 1.05 bits per heavy atom. The highest BCUT2D eigenvalue weighted by Gasteiger charge is 2.12. The minimum absolute atomic E-state index is 0.234. The molecule has 0 fully saturated rings. The predicted octanol–water partition coefficient (Wildman–Crippen LogP) is 4.90. The van der Waals surface area contributed by atoms with Gasteiger partial charge in [0.05, 0.1) is 17.2 Å². The molecule has 2 aromatic carbocycles. The first-order valence-electron chi connectivity index (χ1n) is 6.95. The van der Waals surface area contributed by atoms with Crippen LogP contribution in [0.4, 0.5) is 0 Å². The molecule has 0 heterocycles. The van der Waals surface area contributed by atoms with Gasteiger partial charge in [0.15, 0.2) is 0 Å². The van der Waals surface area contributed by atoms with E-state index in [-0.39, 0.29) is 6.04 Å². The Kier molecular flexibility index (Phi) is 5.92. The van der Waals surface area contributed by atoms with Crippen molar-refractivity contribution < 1.29 is 4.74 Å². The number of methoxy groups -OCH3 is 1. The first kappa shape index (κ1) is 16.2. The van der Waals surface area contributed by atoms with Crippen molar-refractivity contribution in [2.24, 2.45) is 0 Å². The summed E-state index contributed by atoms with van der Waals surface area (Å²) in [6.07, 6.45) is 0.858. The van der Waals surface area contributed by atoms with E-state index in [9.17, 15) is 0 Å². The molecule has 2 rings (SSSR count). The largest absolute Gasteiger partial charge is 0.497 e. The van der Waals surface area contributed by atoms with Gasteiger partial charge in [-0.25, -0.2) is 0 Å². The molecule has 0 saturated heterocycles. The molecular formula is C17H19Cl2NO. The van der Waals surface area contributed by atoms with Crippen LogP contribution < -0.4 is 10.1 Å². The molecule has 0 aliphatic heterocycles. The van der Waals surface area contributed by atoms with Crippen molar-refractivity contribution in [3.8, 4) is 5.75 Å². The zero-order valence-electron chi connectivity index (χ0n) is 12.2. The molecule has 0 spiro atoms. The minimum atomic E-state index is 0.234. The average Bonchev–Trinajstić information content (AvgIpc) is 2.50. The lowest BCUT2D eigenvalue weighted by molar-refractivity contribution is 0.414. The van der Waals surface area contributed by atoms with Crippen LogP contribution in [0.15, 0.2) is 42.5 Å². The number of benzene rings is 2. The molecule has 0 radical (unpaired) electrons. The van der Waals surface area contributed by atoms with Crippen LogP contribution in [0.5, 0.6) is 5.75 Å². The number of nitrogens with one attached hydrogen (secondary N) is 1. The summed E-state index contributed by atoms with van der Waals surface area (Å²) in [6, 6.07) is 14.2. The lowest BCUT2D eigenvalue weighted by Crippen LogP contribution is -2.22. The smallest absolute Gasteiger partial charge is 0.118 e. The summed E-state index contributed by atoms with van der Waals surface area (Å²) in [5, 5.41) is 4.69. The van der Waals surface area contributed by atoms with Crippen molar-refractivity contribution in [2.75, 3.05) is 13.7 Å². The van der Waals surface area contributed by atoms with E-state index < -0.39 is 0 Å². The molecule has 2 nitrogen and oxygen atoms in total. The third kappa shape index (κ3) is 4.37. The molecule has 1 unspecified atom stereocenters. The van der Waals surface area contributed by atoms with Crippen molar-refractivity contribution in [3.63, 3.8) is 0 Å². The molecule has 0 aliphatic carbocycles. The van der Waals surface area contributed by atoms with E-state index in [1.54, 1.807) is 7.11 Å². The molecule has 1 N–H and O–H groups in total. The SMILES string of the molecule is CCNC(Cc1ccc(Cl)c(Cl)c1)c1ccc(OC)cc1. The third-order valence-corrected chi connectivity index (χ3v) is 4.13. The Bertz CT molecular complexity index is 584. The van der Waals surface area contributed by atoms with Crippen LogP contribution in [0.3, 0.4) is 0 Å². The fourth-order valence-corrected chi connectivity index (χ4v) is 2.61. The second-order valence-corrected chi connectivity index (χ2v) is 5.65. The van der Waals surface area contributed by atoms with E-state index in [0.717, 1.165) is 24.3 Å². The minimum Gasteiger partial charge on any atom is -0.497 e. The monoisotopic (exact) mass is 323 g/mol. The van der Waals surface area contributed by atoms with Gasteiger partial charge >= 0.3 is 0 Å². The van der Waals surface area contributed by atoms with Crippen molar-refractivity contribution in [1.29, 1.82) is 0 Å². The van der Waals surface area contributed by atoms with Crippen LogP contribution in [0, 0.1) is 0 Å². The number of hydrogen-bond acceptors (Lipinski definition) is 2. The van der Waals surface area contributed by atoms with Gasteiger partial charge in [-0.2, -0.15) is 0 Å². The van der Waals surface area contributed by atoms with Gasteiger partial charge in [-0.05, 0) is 48.4 Å². The maximum atomic E-state index is 6.09. The molecule has 0 saturated carbocycles. The van der Waals surface area contributed by atoms with Crippen LogP contribution in [0.1, 0.15) is 24.1 Å². The Balaban J connectivity index is 2.19. The Hall–Kier alpha value is -1.22. The molecule has 4 heteroatoms. The van der Waals surface area contributed by atoms with Gasteiger partial charge in [0.1, 0.15) is 5.75 Å². The fourth-order valence-electron chi connectivity index (χ4n) is 2.29. The maximum Gasteiger partial charge on any atom is 0.118 e. The second-order valence-electron chi connectivity index (χ2n) is 4.84. The van der Waals surface area contributed by atoms with Crippen molar-refractivity contribution in [2.45, 2.75) is 19.4 Å². The number of likely N-dealkylation sites (N-methyl/N-ethyl adjacent to an activating group) is 1. The van der Waals surface area contributed by atoms with Gasteiger partial charge in [0.2, 0.25) is 0 Å². The van der Waals surface area contributed by atoms with Crippen LogP contribution in [0.25, 0.3) is 0 Å². The van der Waals surface area contributed by atoms with Crippen LogP contribution in [0.2, 0.25) is 10.0 Å². The quantitative estimate of drug-likeness (QED) is 0.816. The summed E-state index contributed by atoms with van der Waals surface area (Å²) in [6.45, 7) is 3.00. The molecular weight excluding hydrogens is 305 g/mol. The van der Waals surface area contributed by atoms with Gasteiger partial charge in [-0.3, -0.25) is 0 Å². The normalized spacial score (nSPS) is 12.2. The summed E-state index contributed by atoms with van der Waals surface area (Å²) in [7, 11) is 1.67. The zero-order chi connectivity index (χ0) is 15.2. The summed E-state index contributed by atoms with van der Waals surface area (Å²) in [5.41, 5.74) is 2.38. The van der Waals surface area contributed by atoms with Crippen molar-refractivity contribution in [1.82, 2.24) is 5.32 Å². The maximum absolute atomic E-state index is 6.09. The highest BCUT2D eigenvalue weighted by atomic mass is 35.5. The van der Waals surface area contributed by atoms with Crippen molar-refractivity contribution >= 4 is 23.2 Å². The highest BCUT2D eigenvalue weighted by molar-refractivity contribution is 6.42. The lowest BCUT2D eigenvalue weighted by Gasteiger charge is -2.19. The fraction of sp³-hybridized carbons (Fsp3) is 0.294. The Labute approximate surface area is 136 Å². The summed E-state index contributed by atoms with van der Waals surface area (Å²) >= 11 is 12.1. The van der Waals surface area contributed by atoms with Crippen LogP contribution in [-0.2, 0) is 6.42 Å². The van der Waals surface area contributed by atoms with E-state index >= 15 is 0 Å².